The van der Waals surface area contributed by atoms with Crippen LogP contribution in [-0.4, -0.2) is 69.8 Å². The molecule has 1 amide bonds. The lowest BCUT2D eigenvalue weighted by molar-refractivity contribution is -0.136. The van der Waals surface area contributed by atoms with E-state index in [-0.39, 0.29) is 11.8 Å². The van der Waals surface area contributed by atoms with Gasteiger partial charge in [-0.1, -0.05) is 42.5 Å². The van der Waals surface area contributed by atoms with E-state index in [0.29, 0.717) is 6.54 Å². The number of piperazine rings is 1. The topological polar surface area (TPSA) is 70.4 Å². The Morgan fingerprint density at radius 1 is 0.846 bits per heavy atom. The molecule has 200 valence electrons. The van der Waals surface area contributed by atoms with Crippen LogP contribution >= 0.6 is 0 Å². The molecule has 2 saturated heterocycles. The summed E-state index contributed by atoms with van der Waals surface area (Å²) in [6.45, 7) is 9.16. The van der Waals surface area contributed by atoms with Crippen LogP contribution in [0.15, 0.2) is 73.1 Å². The first-order valence-electron chi connectivity index (χ1n) is 13.9. The molecule has 2 fully saturated rings. The van der Waals surface area contributed by atoms with E-state index in [2.05, 4.69) is 61.9 Å². The lowest BCUT2D eigenvalue weighted by Crippen LogP contribution is -2.52. The third-order valence-corrected chi connectivity index (χ3v) is 7.95. The second kappa shape index (κ2) is 10.9. The Balaban J connectivity index is 1.09. The van der Waals surface area contributed by atoms with Crippen molar-refractivity contribution < 1.29 is 4.79 Å². The van der Waals surface area contributed by atoms with Crippen molar-refractivity contribution in [3.05, 3.63) is 84.2 Å². The predicted molar refractivity (Wildman–Crippen MR) is 154 cm³/mol. The molecular formula is C31H35N7O. The van der Waals surface area contributed by atoms with Gasteiger partial charge >= 0.3 is 0 Å². The van der Waals surface area contributed by atoms with E-state index in [4.69, 9.17) is 0 Å². The fourth-order valence-corrected chi connectivity index (χ4v) is 5.78. The molecule has 8 nitrogen and oxygen atoms in total. The van der Waals surface area contributed by atoms with Gasteiger partial charge in [-0.15, -0.1) is 10.2 Å². The van der Waals surface area contributed by atoms with Crippen molar-refractivity contribution in [2.24, 2.45) is 5.92 Å². The lowest BCUT2D eigenvalue weighted by Gasteiger charge is -2.40. The number of carbonyl (C=O) groups excluding carboxylic acids is 1. The second-order valence-corrected chi connectivity index (χ2v) is 10.6. The van der Waals surface area contributed by atoms with Gasteiger partial charge in [0.05, 0.1) is 5.92 Å². The number of benzene rings is 2. The van der Waals surface area contributed by atoms with Gasteiger partial charge in [-0.3, -0.25) is 9.36 Å². The normalized spacial score (nSPS) is 17.9. The highest BCUT2D eigenvalue weighted by atomic mass is 16.2. The summed E-state index contributed by atoms with van der Waals surface area (Å²) in [7, 11) is 0. The Morgan fingerprint density at radius 2 is 1.62 bits per heavy atom. The molecule has 0 N–H and O–H groups in total. The number of nitrogens with zero attached hydrogens (tertiary/aromatic N) is 7. The van der Waals surface area contributed by atoms with E-state index in [1.165, 1.54) is 16.8 Å². The van der Waals surface area contributed by atoms with E-state index < -0.39 is 0 Å². The molecule has 6 rings (SSSR count). The first-order valence-corrected chi connectivity index (χ1v) is 13.9. The van der Waals surface area contributed by atoms with Crippen molar-refractivity contribution in [3.63, 3.8) is 0 Å². The first-order chi connectivity index (χ1) is 19.1. The number of anilines is 2. The van der Waals surface area contributed by atoms with Crippen LogP contribution in [0.25, 0.3) is 17.2 Å². The summed E-state index contributed by atoms with van der Waals surface area (Å²) in [5.74, 6) is 2.64. The number of aryl methyl sites for hydroxylation is 2. The van der Waals surface area contributed by atoms with Crippen LogP contribution in [-0.2, 0) is 4.79 Å². The van der Waals surface area contributed by atoms with E-state index in [0.717, 1.165) is 68.6 Å². The molecule has 2 aromatic heterocycles. The Kier molecular flexibility index (Phi) is 7.00. The highest BCUT2D eigenvalue weighted by molar-refractivity contribution is 5.80. The maximum Gasteiger partial charge on any atom is 0.227 e. The zero-order valence-corrected chi connectivity index (χ0v) is 22.7. The molecule has 1 unspecified atom stereocenters. The van der Waals surface area contributed by atoms with Crippen molar-refractivity contribution in [1.82, 2.24) is 24.6 Å². The molecular weight excluding hydrogens is 486 g/mol. The summed E-state index contributed by atoms with van der Waals surface area (Å²) in [5.41, 5.74) is 4.88. The first kappa shape index (κ1) is 25.1. The second-order valence-electron chi connectivity index (χ2n) is 10.6. The van der Waals surface area contributed by atoms with Crippen molar-refractivity contribution in [1.29, 1.82) is 0 Å². The summed E-state index contributed by atoms with van der Waals surface area (Å²) >= 11 is 0. The minimum atomic E-state index is -0.00851. The highest BCUT2D eigenvalue weighted by Crippen LogP contribution is 2.27. The van der Waals surface area contributed by atoms with Gasteiger partial charge in [0.25, 0.3) is 0 Å². The minimum Gasteiger partial charge on any atom is -0.368 e. The molecule has 2 aliphatic rings. The van der Waals surface area contributed by atoms with E-state index in [1.54, 1.807) is 6.20 Å². The molecule has 0 bridgehead atoms. The summed E-state index contributed by atoms with van der Waals surface area (Å²) in [4.78, 5) is 24.7. The van der Waals surface area contributed by atoms with Crippen LogP contribution in [0.5, 0.6) is 0 Å². The fourth-order valence-electron chi connectivity index (χ4n) is 5.78. The Hall–Kier alpha value is -4.20. The summed E-state index contributed by atoms with van der Waals surface area (Å²) in [5, 5.41) is 9.08. The highest BCUT2D eigenvalue weighted by Gasteiger charge is 2.32. The molecule has 39 heavy (non-hydrogen) atoms. The number of rotatable bonds is 5. The van der Waals surface area contributed by atoms with Crippen LogP contribution in [0.1, 0.15) is 24.0 Å². The Labute approximate surface area is 229 Å². The molecule has 1 atom stereocenters. The summed E-state index contributed by atoms with van der Waals surface area (Å²) < 4.78 is 1.95. The van der Waals surface area contributed by atoms with Gasteiger partial charge in [0.2, 0.25) is 5.91 Å². The van der Waals surface area contributed by atoms with Gasteiger partial charge in [-0.05, 0) is 56.0 Å². The number of carbonyl (C=O) groups is 1. The van der Waals surface area contributed by atoms with Crippen LogP contribution in [0, 0.1) is 19.8 Å². The SMILES string of the molecule is Cc1ccc(C)c(N2CCN(C(=O)C3CCCN(c4ccc(-n5ccnc5-c5ccccc5)nn4)C3)CC2)c1. The van der Waals surface area contributed by atoms with Gasteiger partial charge in [0.1, 0.15) is 5.82 Å². The standard InChI is InChI=1S/C31H35N7O/c1-23-10-11-24(2)27(21-23)35-17-19-36(20-18-35)31(39)26-9-6-15-37(22-26)28-12-13-29(34-33-28)38-16-14-32-30(38)25-7-4-3-5-8-25/h3-5,7-8,10-14,16,21,26H,6,9,15,17-20,22H2,1-2H3. The number of amides is 1. The van der Waals surface area contributed by atoms with Gasteiger partial charge in [-0.2, -0.15) is 0 Å². The van der Waals surface area contributed by atoms with Crippen molar-refractivity contribution in [3.8, 4) is 17.2 Å². The summed E-state index contributed by atoms with van der Waals surface area (Å²) in [6.07, 6.45) is 5.58. The van der Waals surface area contributed by atoms with Gasteiger partial charge in [0.15, 0.2) is 11.6 Å². The molecule has 0 spiro atoms. The van der Waals surface area contributed by atoms with Crippen LogP contribution in [0.4, 0.5) is 11.5 Å². The minimum absolute atomic E-state index is 0.00851. The van der Waals surface area contributed by atoms with Crippen LogP contribution in [0.3, 0.4) is 0 Å². The fraction of sp³-hybridized carbons (Fsp3) is 0.355. The van der Waals surface area contributed by atoms with Crippen LogP contribution < -0.4 is 9.80 Å². The smallest absolute Gasteiger partial charge is 0.227 e. The average Bonchev–Trinajstić information content (AvgIpc) is 3.49. The molecule has 4 aromatic rings. The largest absolute Gasteiger partial charge is 0.368 e. The molecule has 0 radical (unpaired) electrons. The molecule has 0 aliphatic carbocycles. The average molecular weight is 522 g/mol. The van der Waals surface area contributed by atoms with Crippen LogP contribution in [0.2, 0.25) is 0 Å². The zero-order valence-electron chi connectivity index (χ0n) is 22.7. The van der Waals surface area contributed by atoms with Gasteiger partial charge in [-0.25, -0.2) is 4.98 Å². The molecule has 8 heteroatoms. The zero-order chi connectivity index (χ0) is 26.8. The summed E-state index contributed by atoms with van der Waals surface area (Å²) in [6, 6.07) is 20.7. The van der Waals surface area contributed by atoms with Crippen molar-refractivity contribution in [2.45, 2.75) is 26.7 Å². The number of aromatic nitrogens is 4. The van der Waals surface area contributed by atoms with Gasteiger partial charge in [0, 0.05) is 62.9 Å². The number of imidazole rings is 1. The quantitative estimate of drug-likeness (QED) is 0.385. The van der Waals surface area contributed by atoms with Crippen molar-refractivity contribution in [2.75, 3.05) is 49.1 Å². The number of hydrogen-bond donors (Lipinski definition) is 0. The van der Waals surface area contributed by atoms with E-state index in [1.807, 2.05) is 53.2 Å². The maximum absolute atomic E-state index is 13.5. The molecule has 2 aromatic carbocycles. The third kappa shape index (κ3) is 5.24. The van der Waals surface area contributed by atoms with Gasteiger partial charge < -0.3 is 14.7 Å². The maximum atomic E-state index is 13.5. The Bertz CT molecular complexity index is 1430. The molecule has 0 saturated carbocycles. The molecule has 2 aliphatic heterocycles. The van der Waals surface area contributed by atoms with Crippen molar-refractivity contribution >= 4 is 17.4 Å². The predicted octanol–water partition coefficient (Wildman–Crippen LogP) is 4.51. The number of hydrogen-bond acceptors (Lipinski definition) is 6. The van der Waals surface area contributed by atoms with E-state index in [9.17, 15) is 4.79 Å². The lowest BCUT2D eigenvalue weighted by atomic mass is 9.96. The Morgan fingerprint density at radius 3 is 2.38 bits per heavy atom. The monoisotopic (exact) mass is 521 g/mol. The third-order valence-electron chi connectivity index (χ3n) is 7.95. The number of piperidine rings is 1. The van der Waals surface area contributed by atoms with E-state index >= 15 is 0 Å². The molecule has 4 heterocycles.